The number of alkyl halides is 3. The maximum Gasteiger partial charge on any atom is 0.416 e. The van der Waals surface area contributed by atoms with Gasteiger partial charge in [-0.1, -0.05) is 61.9 Å². The molecular formula is C34H35F3N6OS. The number of halogens is 3. The van der Waals surface area contributed by atoms with Gasteiger partial charge < -0.3 is 9.88 Å². The molecule has 0 bridgehead atoms. The highest BCUT2D eigenvalue weighted by atomic mass is 32.1. The number of benzene rings is 3. The van der Waals surface area contributed by atoms with Gasteiger partial charge in [-0.15, -0.1) is 0 Å². The van der Waals surface area contributed by atoms with E-state index in [0.29, 0.717) is 36.0 Å². The number of hydrazine groups is 1. The van der Waals surface area contributed by atoms with Crippen molar-refractivity contribution in [1.29, 1.82) is 5.26 Å². The molecule has 0 fully saturated rings. The molecule has 0 spiro atoms. The molecule has 1 aromatic heterocycles. The summed E-state index contributed by atoms with van der Waals surface area (Å²) >= 11 is 5.71. The first-order chi connectivity index (χ1) is 21.5. The van der Waals surface area contributed by atoms with E-state index in [1.165, 1.54) is 29.4 Å². The Morgan fingerprint density at radius 1 is 1.07 bits per heavy atom. The van der Waals surface area contributed by atoms with Crippen molar-refractivity contribution in [2.45, 2.75) is 52.3 Å². The number of carbonyl (C=O) groups is 1. The highest BCUT2D eigenvalue weighted by Gasteiger charge is 2.37. The molecule has 4 aromatic rings. The topological polar surface area (TPSA) is 86.0 Å². The minimum absolute atomic E-state index is 0.0194. The number of carbonyl (C=O) groups excluding carboxylic acids is 1. The summed E-state index contributed by atoms with van der Waals surface area (Å²) in [6.07, 6.45) is -1.07. The van der Waals surface area contributed by atoms with Crippen LogP contribution in [0.4, 0.5) is 18.9 Å². The lowest BCUT2D eigenvalue weighted by Crippen LogP contribution is -2.51. The van der Waals surface area contributed by atoms with Crippen molar-refractivity contribution in [3.05, 3.63) is 119 Å². The van der Waals surface area contributed by atoms with Gasteiger partial charge in [0.25, 0.3) is 5.91 Å². The standard InChI is InChI=1S/C34H35F3N6OS/c1-23(2)16-17-40-43(33(45)41-28-14-8-24(3)9-15-28)32(44)29(18-27-6-4-5-7-30(27)34(35,36)37)31-20-39-22-42(31)21-26-12-10-25(19-38)11-13-26/h4-15,20,22-23,29,40H,16-18,21H2,1-3H3,(H,41,45). The summed E-state index contributed by atoms with van der Waals surface area (Å²) in [4.78, 5) is 18.8. The molecule has 7 nitrogen and oxygen atoms in total. The first-order valence-corrected chi connectivity index (χ1v) is 15.0. The fourth-order valence-electron chi connectivity index (χ4n) is 4.83. The molecule has 4 rings (SSSR count). The minimum atomic E-state index is -4.61. The second-order valence-electron chi connectivity index (χ2n) is 11.2. The molecule has 0 aliphatic heterocycles. The van der Waals surface area contributed by atoms with Crippen LogP contribution in [0.1, 0.15) is 59.7 Å². The van der Waals surface area contributed by atoms with Crippen LogP contribution >= 0.6 is 12.2 Å². The highest BCUT2D eigenvalue weighted by molar-refractivity contribution is 7.80. The molecule has 1 unspecified atom stereocenters. The molecule has 0 aliphatic carbocycles. The Labute approximate surface area is 266 Å². The summed E-state index contributed by atoms with van der Waals surface area (Å²) in [6, 6.07) is 21.8. The van der Waals surface area contributed by atoms with E-state index in [9.17, 15) is 18.0 Å². The van der Waals surface area contributed by atoms with E-state index in [2.05, 4.69) is 35.6 Å². The minimum Gasteiger partial charge on any atom is -0.331 e. The Bertz CT molecular complexity index is 1640. The number of aromatic nitrogens is 2. The quantitative estimate of drug-likeness (QED) is 0.134. The SMILES string of the molecule is Cc1ccc(NC(=S)N(NCCC(C)C)C(=O)C(Cc2ccccc2C(F)(F)F)c2cncn2Cc2ccc(C#N)cc2)cc1. The van der Waals surface area contributed by atoms with Crippen molar-refractivity contribution in [3.8, 4) is 6.07 Å². The average Bonchev–Trinajstić information content (AvgIpc) is 3.46. The van der Waals surface area contributed by atoms with Crippen LogP contribution in [0.3, 0.4) is 0 Å². The summed E-state index contributed by atoms with van der Waals surface area (Å²) in [6.45, 7) is 6.76. The lowest BCUT2D eigenvalue weighted by molar-refractivity contribution is -0.139. The lowest BCUT2D eigenvalue weighted by atomic mass is 9.92. The number of nitrogens with one attached hydrogen (secondary N) is 2. The molecular weight excluding hydrogens is 597 g/mol. The van der Waals surface area contributed by atoms with Gasteiger partial charge in [-0.05, 0) is 79.4 Å². The van der Waals surface area contributed by atoms with Crippen LogP contribution in [0.5, 0.6) is 0 Å². The number of rotatable bonds is 11. The van der Waals surface area contributed by atoms with Gasteiger partial charge in [0.15, 0.2) is 5.11 Å². The van der Waals surface area contributed by atoms with Gasteiger partial charge in [0, 0.05) is 25.0 Å². The second kappa shape index (κ2) is 15.0. The summed E-state index contributed by atoms with van der Waals surface area (Å²) in [5, 5.41) is 13.6. The van der Waals surface area contributed by atoms with Gasteiger partial charge in [-0.3, -0.25) is 4.79 Å². The highest BCUT2D eigenvalue weighted by Crippen LogP contribution is 2.35. The largest absolute Gasteiger partial charge is 0.416 e. The third-order valence-corrected chi connectivity index (χ3v) is 7.58. The molecule has 3 aromatic carbocycles. The van der Waals surface area contributed by atoms with E-state index in [1.54, 1.807) is 35.2 Å². The number of hydrogen-bond acceptors (Lipinski definition) is 5. The number of thiocarbonyl (C=S) groups is 1. The van der Waals surface area contributed by atoms with Gasteiger partial charge in [0.1, 0.15) is 0 Å². The molecule has 2 N–H and O–H groups in total. The molecule has 0 radical (unpaired) electrons. The molecule has 0 saturated carbocycles. The van der Waals surface area contributed by atoms with Crippen molar-refractivity contribution in [3.63, 3.8) is 0 Å². The Balaban J connectivity index is 1.75. The number of imidazole rings is 1. The van der Waals surface area contributed by atoms with Crippen LogP contribution in [0.25, 0.3) is 0 Å². The zero-order valence-electron chi connectivity index (χ0n) is 25.3. The molecule has 1 amide bonds. The van der Waals surface area contributed by atoms with Crippen molar-refractivity contribution in [2.75, 3.05) is 11.9 Å². The predicted molar refractivity (Wildman–Crippen MR) is 172 cm³/mol. The average molecular weight is 633 g/mol. The van der Waals surface area contributed by atoms with E-state index in [4.69, 9.17) is 17.5 Å². The van der Waals surface area contributed by atoms with Gasteiger partial charge in [0.05, 0.1) is 35.1 Å². The van der Waals surface area contributed by atoms with E-state index in [0.717, 1.165) is 23.6 Å². The Kier molecular flexibility index (Phi) is 11.1. The zero-order chi connectivity index (χ0) is 32.6. The van der Waals surface area contributed by atoms with Crippen LogP contribution in [-0.4, -0.2) is 32.1 Å². The van der Waals surface area contributed by atoms with Gasteiger partial charge >= 0.3 is 6.18 Å². The second-order valence-corrected chi connectivity index (χ2v) is 11.6. The first-order valence-electron chi connectivity index (χ1n) is 14.6. The van der Waals surface area contributed by atoms with E-state index in [-0.39, 0.29) is 17.1 Å². The van der Waals surface area contributed by atoms with Crippen LogP contribution in [-0.2, 0) is 23.9 Å². The third kappa shape index (κ3) is 9.00. The molecule has 45 heavy (non-hydrogen) atoms. The normalized spacial score (nSPS) is 12.0. The van der Waals surface area contributed by atoms with Crippen molar-refractivity contribution < 1.29 is 18.0 Å². The van der Waals surface area contributed by atoms with E-state index in [1.807, 2.05) is 31.2 Å². The first kappa shape index (κ1) is 33.4. The molecule has 0 saturated heterocycles. The maximum atomic E-state index is 14.5. The maximum absolute atomic E-state index is 14.5. The summed E-state index contributed by atoms with van der Waals surface area (Å²) in [7, 11) is 0. The van der Waals surface area contributed by atoms with Gasteiger partial charge in [0.2, 0.25) is 0 Å². The number of aryl methyl sites for hydroxylation is 1. The van der Waals surface area contributed by atoms with E-state index >= 15 is 0 Å². The Morgan fingerprint density at radius 3 is 2.40 bits per heavy atom. The molecule has 11 heteroatoms. The number of amides is 1. The fraction of sp³-hybridized carbons (Fsp3) is 0.294. The molecule has 1 atom stereocenters. The van der Waals surface area contributed by atoms with E-state index < -0.39 is 23.6 Å². The van der Waals surface area contributed by atoms with Crippen molar-refractivity contribution in [2.24, 2.45) is 5.92 Å². The smallest absolute Gasteiger partial charge is 0.331 e. The number of anilines is 1. The predicted octanol–water partition coefficient (Wildman–Crippen LogP) is 7.23. The number of hydrogen-bond donors (Lipinski definition) is 2. The van der Waals surface area contributed by atoms with Crippen LogP contribution < -0.4 is 10.7 Å². The zero-order valence-corrected chi connectivity index (χ0v) is 26.1. The fourth-order valence-corrected chi connectivity index (χ4v) is 5.11. The summed E-state index contributed by atoms with van der Waals surface area (Å²) in [5.74, 6) is -1.28. The van der Waals surface area contributed by atoms with Crippen LogP contribution in [0.15, 0.2) is 85.3 Å². The summed E-state index contributed by atoms with van der Waals surface area (Å²) < 4.78 is 44.0. The van der Waals surface area contributed by atoms with Crippen molar-refractivity contribution in [1.82, 2.24) is 20.0 Å². The number of nitriles is 1. The Morgan fingerprint density at radius 2 is 1.76 bits per heavy atom. The monoisotopic (exact) mass is 632 g/mol. The van der Waals surface area contributed by atoms with Gasteiger partial charge in [-0.2, -0.15) is 18.4 Å². The van der Waals surface area contributed by atoms with Gasteiger partial charge in [-0.25, -0.2) is 15.4 Å². The number of nitrogens with zero attached hydrogens (tertiary/aromatic N) is 4. The van der Waals surface area contributed by atoms with Crippen LogP contribution in [0.2, 0.25) is 0 Å². The Hall–Kier alpha value is -4.53. The van der Waals surface area contributed by atoms with Crippen molar-refractivity contribution >= 4 is 28.9 Å². The summed E-state index contributed by atoms with van der Waals surface area (Å²) in [5.41, 5.74) is 5.78. The lowest BCUT2D eigenvalue weighted by Gasteiger charge is -2.30. The molecule has 234 valence electrons. The molecule has 1 heterocycles. The van der Waals surface area contributed by atoms with Crippen LogP contribution in [0, 0.1) is 24.2 Å². The third-order valence-electron chi connectivity index (χ3n) is 7.30. The molecule has 0 aliphatic rings.